The van der Waals surface area contributed by atoms with Crippen LogP contribution in [-0.2, 0) is 0 Å². The van der Waals surface area contributed by atoms with Crippen molar-refractivity contribution in [1.82, 2.24) is 4.98 Å². The van der Waals surface area contributed by atoms with E-state index in [1.54, 1.807) is 42.6 Å². The molecule has 0 saturated heterocycles. The zero-order valence-electron chi connectivity index (χ0n) is 14.6. The Morgan fingerprint density at radius 2 is 1.61 bits per heavy atom. The van der Waals surface area contributed by atoms with Crippen molar-refractivity contribution in [3.05, 3.63) is 89.0 Å². The van der Waals surface area contributed by atoms with Crippen LogP contribution in [0.5, 0.6) is 0 Å². The second-order valence-electron chi connectivity index (χ2n) is 6.13. The molecule has 4 rings (SSSR count). The molecule has 1 heterocycles. The molecule has 0 aliphatic carbocycles. The summed E-state index contributed by atoms with van der Waals surface area (Å²) >= 11 is 12.5. The number of benzene rings is 3. The summed E-state index contributed by atoms with van der Waals surface area (Å²) in [6.07, 6.45) is 1.75. The minimum Gasteiger partial charge on any atom is -0.308 e. The quantitative estimate of drug-likeness (QED) is 0.389. The Labute approximate surface area is 172 Å². The lowest BCUT2D eigenvalue weighted by molar-refractivity contribution is 0.262. The van der Waals surface area contributed by atoms with Crippen molar-refractivity contribution in [2.75, 3.05) is 10.6 Å². The zero-order valence-corrected chi connectivity index (χ0v) is 16.1. The first-order valence-electron chi connectivity index (χ1n) is 8.58. The molecule has 2 amide bonds. The van der Waals surface area contributed by atoms with Crippen LogP contribution in [0, 0.1) is 0 Å². The summed E-state index contributed by atoms with van der Waals surface area (Å²) in [4.78, 5) is 16.9. The fraction of sp³-hybridized carbons (Fsp3) is 0. The molecule has 6 heteroatoms. The Morgan fingerprint density at radius 3 is 2.46 bits per heavy atom. The monoisotopic (exact) mass is 407 g/mol. The maximum Gasteiger partial charge on any atom is 0.323 e. The van der Waals surface area contributed by atoms with Crippen molar-refractivity contribution in [2.24, 2.45) is 0 Å². The Bertz CT molecular complexity index is 1170. The first-order valence-corrected chi connectivity index (χ1v) is 9.33. The number of para-hydroxylation sites is 1. The fourth-order valence-electron chi connectivity index (χ4n) is 2.97. The van der Waals surface area contributed by atoms with Gasteiger partial charge in [-0.25, -0.2) is 4.79 Å². The van der Waals surface area contributed by atoms with E-state index in [1.165, 1.54) is 0 Å². The molecule has 2 N–H and O–H groups in total. The number of rotatable bonds is 3. The van der Waals surface area contributed by atoms with Gasteiger partial charge in [-0.1, -0.05) is 59.6 Å². The lowest BCUT2D eigenvalue weighted by atomic mass is 10.0. The number of halogens is 2. The van der Waals surface area contributed by atoms with Gasteiger partial charge in [0.05, 0.1) is 21.4 Å². The third-order valence-corrected chi connectivity index (χ3v) is 4.93. The van der Waals surface area contributed by atoms with Gasteiger partial charge in [0.25, 0.3) is 0 Å². The Kier molecular flexibility index (Phi) is 5.15. The fourth-order valence-corrected chi connectivity index (χ4v) is 3.36. The highest BCUT2D eigenvalue weighted by atomic mass is 35.5. The first kappa shape index (κ1) is 18.3. The minimum absolute atomic E-state index is 0.396. The van der Waals surface area contributed by atoms with E-state index in [0.717, 1.165) is 22.0 Å². The molecule has 0 unspecified atom stereocenters. The van der Waals surface area contributed by atoms with E-state index in [0.29, 0.717) is 21.4 Å². The van der Waals surface area contributed by atoms with Gasteiger partial charge < -0.3 is 10.6 Å². The van der Waals surface area contributed by atoms with E-state index in [1.807, 2.05) is 36.4 Å². The Morgan fingerprint density at radius 1 is 0.821 bits per heavy atom. The molecule has 4 aromatic rings. The summed E-state index contributed by atoms with van der Waals surface area (Å²) in [5.41, 5.74) is 2.64. The predicted octanol–water partition coefficient (Wildman–Crippen LogP) is 6.85. The number of nitrogens with zero attached hydrogens (tertiary/aromatic N) is 1. The Balaban J connectivity index is 1.64. The number of anilines is 2. The largest absolute Gasteiger partial charge is 0.323 e. The molecule has 0 fully saturated rings. The number of hydrogen-bond donors (Lipinski definition) is 2. The van der Waals surface area contributed by atoms with Gasteiger partial charge in [-0.05, 0) is 41.8 Å². The zero-order chi connectivity index (χ0) is 19.5. The summed E-state index contributed by atoms with van der Waals surface area (Å²) in [5, 5.41) is 8.62. The second kappa shape index (κ2) is 7.89. The number of fused-ring (bicyclic) bond motifs is 1. The molecule has 138 valence electrons. The minimum atomic E-state index is -0.396. The number of amides is 2. The summed E-state index contributed by atoms with van der Waals surface area (Å²) in [7, 11) is 0. The van der Waals surface area contributed by atoms with Crippen LogP contribution in [0.4, 0.5) is 16.2 Å². The normalized spacial score (nSPS) is 10.6. The van der Waals surface area contributed by atoms with Crippen LogP contribution in [0.15, 0.2) is 79.0 Å². The van der Waals surface area contributed by atoms with Crippen LogP contribution >= 0.6 is 23.2 Å². The SMILES string of the molecule is O=C(Nc1ccc(Cl)c(-c2nccc3ccccc23)c1)Nc1ccccc1Cl. The number of pyridine rings is 1. The summed E-state index contributed by atoms with van der Waals surface area (Å²) in [6, 6.07) is 21.8. The summed E-state index contributed by atoms with van der Waals surface area (Å²) in [6.45, 7) is 0. The second-order valence-corrected chi connectivity index (χ2v) is 6.95. The molecular formula is C22H15Cl2N3O. The van der Waals surface area contributed by atoms with Crippen molar-refractivity contribution in [3.8, 4) is 11.3 Å². The van der Waals surface area contributed by atoms with Crippen LogP contribution in [0.3, 0.4) is 0 Å². The predicted molar refractivity (Wildman–Crippen MR) is 116 cm³/mol. The molecule has 0 bridgehead atoms. The lowest BCUT2D eigenvalue weighted by Gasteiger charge is -2.12. The van der Waals surface area contributed by atoms with E-state index in [9.17, 15) is 4.79 Å². The number of aromatic nitrogens is 1. The molecule has 0 aliphatic heterocycles. The highest BCUT2D eigenvalue weighted by Crippen LogP contribution is 2.33. The van der Waals surface area contributed by atoms with Crippen molar-refractivity contribution >= 4 is 51.4 Å². The highest BCUT2D eigenvalue weighted by Gasteiger charge is 2.12. The number of urea groups is 1. The molecular weight excluding hydrogens is 393 g/mol. The molecule has 4 nitrogen and oxygen atoms in total. The molecule has 0 radical (unpaired) electrons. The number of hydrogen-bond acceptors (Lipinski definition) is 2. The van der Waals surface area contributed by atoms with E-state index >= 15 is 0 Å². The smallest absolute Gasteiger partial charge is 0.308 e. The average Bonchev–Trinajstić information content (AvgIpc) is 2.71. The molecule has 0 atom stereocenters. The molecule has 0 spiro atoms. The van der Waals surface area contributed by atoms with Crippen molar-refractivity contribution in [2.45, 2.75) is 0 Å². The van der Waals surface area contributed by atoms with Gasteiger partial charge in [-0.15, -0.1) is 0 Å². The lowest BCUT2D eigenvalue weighted by Crippen LogP contribution is -2.19. The number of carbonyl (C=O) groups is 1. The van der Waals surface area contributed by atoms with Crippen molar-refractivity contribution in [1.29, 1.82) is 0 Å². The average molecular weight is 408 g/mol. The number of nitrogens with one attached hydrogen (secondary N) is 2. The van der Waals surface area contributed by atoms with Gasteiger partial charge in [0, 0.05) is 22.8 Å². The highest BCUT2D eigenvalue weighted by molar-refractivity contribution is 6.34. The van der Waals surface area contributed by atoms with Gasteiger partial charge in [-0.3, -0.25) is 4.98 Å². The Hall–Kier alpha value is -3.08. The van der Waals surface area contributed by atoms with Crippen LogP contribution in [0.2, 0.25) is 10.0 Å². The van der Waals surface area contributed by atoms with Crippen LogP contribution in [0.25, 0.3) is 22.0 Å². The van der Waals surface area contributed by atoms with E-state index in [2.05, 4.69) is 15.6 Å². The molecule has 1 aromatic heterocycles. The van der Waals surface area contributed by atoms with E-state index in [-0.39, 0.29) is 0 Å². The maximum atomic E-state index is 12.3. The first-order chi connectivity index (χ1) is 13.6. The molecule has 0 saturated carbocycles. The topological polar surface area (TPSA) is 54.0 Å². The van der Waals surface area contributed by atoms with Crippen LogP contribution in [-0.4, -0.2) is 11.0 Å². The maximum absolute atomic E-state index is 12.3. The summed E-state index contributed by atoms with van der Waals surface area (Å²) in [5.74, 6) is 0. The summed E-state index contributed by atoms with van der Waals surface area (Å²) < 4.78 is 0. The number of carbonyl (C=O) groups excluding carboxylic acids is 1. The van der Waals surface area contributed by atoms with E-state index < -0.39 is 6.03 Å². The molecule has 3 aromatic carbocycles. The van der Waals surface area contributed by atoms with Gasteiger partial charge in [0.15, 0.2) is 0 Å². The molecule has 28 heavy (non-hydrogen) atoms. The van der Waals surface area contributed by atoms with Crippen LogP contribution in [0.1, 0.15) is 0 Å². The van der Waals surface area contributed by atoms with Crippen LogP contribution < -0.4 is 10.6 Å². The van der Waals surface area contributed by atoms with Gasteiger partial charge >= 0.3 is 6.03 Å². The van der Waals surface area contributed by atoms with E-state index in [4.69, 9.17) is 23.2 Å². The standard InChI is InChI=1S/C22H15Cl2N3O/c23-18-10-9-15(26-22(28)27-20-8-4-3-7-19(20)24)13-17(18)21-16-6-2-1-5-14(16)11-12-25-21/h1-13H,(H2,26,27,28). The van der Waals surface area contributed by atoms with Crippen molar-refractivity contribution in [3.63, 3.8) is 0 Å². The van der Waals surface area contributed by atoms with Gasteiger partial charge in [0.1, 0.15) is 0 Å². The van der Waals surface area contributed by atoms with Crippen molar-refractivity contribution < 1.29 is 4.79 Å². The third-order valence-electron chi connectivity index (χ3n) is 4.28. The third kappa shape index (κ3) is 3.79. The van der Waals surface area contributed by atoms with Gasteiger partial charge in [0.2, 0.25) is 0 Å². The molecule has 0 aliphatic rings. The van der Waals surface area contributed by atoms with Gasteiger partial charge in [-0.2, -0.15) is 0 Å².